The fourth-order valence-electron chi connectivity index (χ4n) is 4.17. The largest absolute Gasteiger partial charge is 0.508 e. The summed E-state index contributed by atoms with van der Waals surface area (Å²) in [5.41, 5.74) is 1.75. The lowest BCUT2D eigenvalue weighted by Crippen LogP contribution is -2.48. The molecule has 0 aliphatic heterocycles. The van der Waals surface area contributed by atoms with Crippen LogP contribution < -0.4 is 5.32 Å². The Morgan fingerprint density at radius 3 is 2.20 bits per heavy atom. The van der Waals surface area contributed by atoms with Gasteiger partial charge in [0.1, 0.15) is 11.6 Å². The Hall–Kier alpha value is -3.66. The van der Waals surface area contributed by atoms with Gasteiger partial charge in [-0.3, -0.25) is 4.79 Å². The molecule has 0 spiro atoms. The first-order chi connectivity index (χ1) is 19.2. The Labute approximate surface area is 244 Å². The number of thiophene rings is 1. The van der Waals surface area contributed by atoms with Gasteiger partial charge in [0.25, 0.3) is 5.91 Å². The number of carbonyl (C=O) groups excluding carboxylic acids is 1. The molecule has 3 N–H and O–H groups in total. The van der Waals surface area contributed by atoms with Crippen molar-refractivity contribution < 1.29 is 24.1 Å². The van der Waals surface area contributed by atoms with Crippen molar-refractivity contribution in [1.82, 2.24) is 15.3 Å². The highest BCUT2D eigenvalue weighted by Crippen LogP contribution is 2.30. The van der Waals surface area contributed by atoms with Gasteiger partial charge < -0.3 is 20.3 Å². The SMILES string of the molecule is CC(C)(C)OC(O)[C@H](Cc1ccc(-c2ncc(-c3ccc(O)cc3F)cn2)cc1)NC(=O)c1ccc(C(C)(C)C)s1. The lowest BCUT2D eigenvalue weighted by molar-refractivity contribution is -0.178. The van der Waals surface area contributed by atoms with Crippen LogP contribution >= 0.6 is 11.3 Å². The second kappa shape index (κ2) is 12.1. The van der Waals surface area contributed by atoms with Crippen LogP contribution in [0.3, 0.4) is 0 Å². The fourth-order valence-corrected chi connectivity index (χ4v) is 5.14. The van der Waals surface area contributed by atoms with Crippen molar-refractivity contribution in [3.8, 4) is 28.3 Å². The Balaban J connectivity index is 1.50. The number of hydrogen-bond acceptors (Lipinski definition) is 7. The minimum atomic E-state index is -1.23. The third kappa shape index (κ3) is 7.97. The summed E-state index contributed by atoms with van der Waals surface area (Å²) < 4.78 is 20.0. The number of amides is 1. The minimum absolute atomic E-state index is 0.0645. The van der Waals surface area contributed by atoms with E-state index < -0.39 is 23.8 Å². The highest BCUT2D eigenvalue weighted by Gasteiger charge is 2.28. The van der Waals surface area contributed by atoms with E-state index in [1.165, 1.54) is 35.9 Å². The second-order valence-electron chi connectivity index (χ2n) is 12.0. The second-order valence-corrected chi connectivity index (χ2v) is 13.1. The molecule has 2 heterocycles. The zero-order valence-electron chi connectivity index (χ0n) is 24.1. The molecule has 7 nitrogen and oxygen atoms in total. The number of carbonyl (C=O) groups is 1. The summed E-state index contributed by atoms with van der Waals surface area (Å²) in [6.45, 7) is 11.8. The number of aliphatic hydroxyl groups excluding tert-OH is 1. The normalized spacial score (nSPS) is 13.6. The molecule has 4 rings (SSSR count). The van der Waals surface area contributed by atoms with Crippen LogP contribution in [-0.2, 0) is 16.6 Å². The first-order valence-electron chi connectivity index (χ1n) is 13.4. The molecule has 0 fully saturated rings. The molecule has 9 heteroatoms. The average molecular weight is 578 g/mol. The Morgan fingerprint density at radius 1 is 0.976 bits per heavy atom. The van der Waals surface area contributed by atoms with Gasteiger partial charge in [0.05, 0.1) is 16.5 Å². The molecule has 2 aromatic carbocycles. The summed E-state index contributed by atoms with van der Waals surface area (Å²) in [6, 6.07) is 14.5. The highest BCUT2D eigenvalue weighted by molar-refractivity contribution is 7.14. The summed E-state index contributed by atoms with van der Waals surface area (Å²) in [5, 5.41) is 23.3. The number of ether oxygens (including phenoxy) is 1. The number of phenolic OH excluding ortho intramolecular Hbond substituents is 1. The number of phenols is 1. The molecule has 2 aromatic heterocycles. The highest BCUT2D eigenvalue weighted by atomic mass is 32.1. The van der Waals surface area contributed by atoms with Crippen LogP contribution in [0.2, 0.25) is 0 Å². The molecule has 1 unspecified atom stereocenters. The van der Waals surface area contributed by atoms with E-state index >= 15 is 0 Å². The number of aromatic hydroxyl groups is 1. The van der Waals surface area contributed by atoms with Gasteiger partial charge in [-0.1, -0.05) is 45.0 Å². The first-order valence-corrected chi connectivity index (χ1v) is 14.2. The number of rotatable bonds is 8. The van der Waals surface area contributed by atoms with Gasteiger partial charge in [-0.15, -0.1) is 11.3 Å². The van der Waals surface area contributed by atoms with E-state index in [-0.39, 0.29) is 17.1 Å². The van der Waals surface area contributed by atoms with Crippen LogP contribution in [-0.4, -0.2) is 44.0 Å². The maximum absolute atomic E-state index is 14.2. The van der Waals surface area contributed by atoms with Gasteiger partial charge in [0.15, 0.2) is 12.1 Å². The van der Waals surface area contributed by atoms with E-state index in [2.05, 4.69) is 36.1 Å². The van der Waals surface area contributed by atoms with Gasteiger partial charge in [-0.2, -0.15) is 0 Å². The molecule has 216 valence electrons. The number of nitrogens with one attached hydrogen (secondary N) is 1. The summed E-state index contributed by atoms with van der Waals surface area (Å²) in [5.74, 6) is -0.502. The lowest BCUT2D eigenvalue weighted by Gasteiger charge is -2.30. The fraction of sp³-hybridized carbons (Fsp3) is 0.344. The summed E-state index contributed by atoms with van der Waals surface area (Å²) in [7, 11) is 0. The zero-order valence-corrected chi connectivity index (χ0v) is 24.9. The van der Waals surface area contributed by atoms with Crippen molar-refractivity contribution in [3.05, 3.63) is 88.1 Å². The van der Waals surface area contributed by atoms with E-state index in [4.69, 9.17) is 4.74 Å². The van der Waals surface area contributed by atoms with E-state index in [0.717, 1.165) is 22.1 Å². The van der Waals surface area contributed by atoms with E-state index in [1.807, 2.05) is 57.2 Å². The lowest BCUT2D eigenvalue weighted by atomic mass is 9.95. The van der Waals surface area contributed by atoms with Crippen molar-refractivity contribution in [2.75, 3.05) is 0 Å². The van der Waals surface area contributed by atoms with E-state index in [1.54, 1.807) is 0 Å². The van der Waals surface area contributed by atoms with Crippen LogP contribution in [0.25, 0.3) is 22.5 Å². The molecule has 0 saturated heterocycles. The van der Waals surface area contributed by atoms with E-state index in [9.17, 15) is 19.4 Å². The first kappa shape index (κ1) is 30.3. The number of benzene rings is 2. The van der Waals surface area contributed by atoms with Crippen molar-refractivity contribution in [1.29, 1.82) is 0 Å². The molecule has 2 atom stereocenters. The van der Waals surface area contributed by atoms with Crippen LogP contribution in [0, 0.1) is 5.82 Å². The predicted octanol–water partition coefficient (Wildman–Crippen LogP) is 6.49. The van der Waals surface area contributed by atoms with Gasteiger partial charge in [0.2, 0.25) is 0 Å². The van der Waals surface area contributed by atoms with Crippen molar-refractivity contribution in [2.45, 2.75) is 71.3 Å². The van der Waals surface area contributed by atoms with Crippen LogP contribution in [0.15, 0.2) is 67.0 Å². The molecule has 0 bridgehead atoms. The maximum Gasteiger partial charge on any atom is 0.261 e. The van der Waals surface area contributed by atoms with Gasteiger partial charge in [-0.05, 0) is 62.4 Å². The van der Waals surface area contributed by atoms with Crippen molar-refractivity contribution >= 4 is 17.2 Å². The van der Waals surface area contributed by atoms with Crippen molar-refractivity contribution in [3.63, 3.8) is 0 Å². The molecule has 1 amide bonds. The zero-order chi connectivity index (χ0) is 29.9. The monoisotopic (exact) mass is 577 g/mol. The van der Waals surface area contributed by atoms with Gasteiger partial charge >= 0.3 is 0 Å². The molecule has 0 radical (unpaired) electrons. The molecular weight excluding hydrogens is 541 g/mol. The number of nitrogens with zero attached hydrogens (tertiary/aromatic N) is 2. The summed E-state index contributed by atoms with van der Waals surface area (Å²) >= 11 is 1.44. The average Bonchev–Trinajstić information content (AvgIpc) is 3.40. The van der Waals surface area contributed by atoms with Gasteiger partial charge in [-0.25, -0.2) is 14.4 Å². The Morgan fingerprint density at radius 2 is 1.63 bits per heavy atom. The van der Waals surface area contributed by atoms with Crippen LogP contribution in [0.1, 0.15) is 61.7 Å². The van der Waals surface area contributed by atoms with Crippen molar-refractivity contribution in [2.24, 2.45) is 0 Å². The molecule has 41 heavy (non-hydrogen) atoms. The van der Waals surface area contributed by atoms with Gasteiger partial charge in [0, 0.05) is 40.0 Å². The molecule has 0 aliphatic rings. The standard InChI is InChI=1S/C32H36FN3O4S/c1-31(2,3)27-14-13-26(41-27)29(38)36-25(30(39)40-32(4,5)6)15-19-7-9-20(10-8-19)28-34-17-21(18-35-28)23-12-11-22(37)16-24(23)33/h7-14,16-18,25,30,37,39H,15H2,1-6H3,(H,36,38)/t25-,30?/m0/s1. The number of aliphatic hydroxyl groups is 1. The number of aromatic nitrogens is 2. The molecule has 0 aliphatic carbocycles. The predicted molar refractivity (Wildman–Crippen MR) is 159 cm³/mol. The third-order valence-electron chi connectivity index (χ3n) is 6.29. The summed E-state index contributed by atoms with van der Waals surface area (Å²) in [6.07, 6.45) is 2.18. The Bertz CT molecular complexity index is 1490. The maximum atomic E-state index is 14.2. The summed E-state index contributed by atoms with van der Waals surface area (Å²) in [4.78, 5) is 23.6. The molecule has 4 aromatic rings. The smallest absolute Gasteiger partial charge is 0.261 e. The number of halogens is 1. The quantitative estimate of drug-likeness (QED) is 0.207. The van der Waals surface area contributed by atoms with Crippen LogP contribution in [0.4, 0.5) is 4.39 Å². The third-order valence-corrected chi connectivity index (χ3v) is 7.80. The Kier molecular flexibility index (Phi) is 8.91. The minimum Gasteiger partial charge on any atom is -0.508 e. The topological polar surface area (TPSA) is 105 Å². The molecule has 0 saturated carbocycles. The van der Waals surface area contributed by atoms with Crippen LogP contribution in [0.5, 0.6) is 5.75 Å². The number of hydrogen-bond donors (Lipinski definition) is 3. The van der Waals surface area contributed by atoms with E-state index in [0.29, 0.717) is 28.2 Å². The molecular formula is C32H36FN3O4S.